The van der Waals surface area contributed by atoms with Gasteiger partial charge < -0.3 is 15.2 Å². The van der Waals surface area contributed by atoms with Crippen molar-refractivity contribution in [3.63, 3.8) is 0 Å². The maximum Gasteiger partial charge on any atom is 0.408 e. The fraction of sp³-hybridized carbons (Fsp3) is 0.917. The van der Waals surface area contributed by atoms with E-state index >= 15 is 0 Å². The lowest BCUT2D eigenvalue weighted by atomic mass is 9.79. The molecule has 2 fully saturated rings. The van der Waals surface area contributed by atoms with Gasteiger partial charge in [-0.25, -0.2) is 4.79 Å². The van der Waals surface area contributed by atoms with E-state index in [0.717, 1.165) is 25.7 Å². The predicted octanol–water partition coefficient (Wildman–Crippen LogP) is 1.11. The highest BCUT2D eigenvalue weighted by Gasteiger charge is 2.55. The van der Waals surface area contributed by atoms with Gasteiger partial charge in [0.05, 0.1) is 6.04 Å². The zero-order valence-electron chi connectivity index (χ0n) is 10.7. The second-order valence-corrected chi connectivity index (χ2v) is 6.08. The van der Waals surface area contributed by atoms with Crippen LogP contribution in [-0.2, 0) is 4.74 Å². The number of rotatable bonds is 1. The van der Waals surface area contributed by atoms with Gasteiger partial charge in [-0.3, -0.25) is 5.32 Å². The number of carbonyl (C=O) groups is 1. The summed E-state index contributed by atoms with van der Waals surface area (Å²) in [5.74, 6) is 0. The number of carbonyl (C=O) groups excluding carboxylic acids is 1. The Morgan fingerprint density at radius 2 is 2.00 bits per heavy atom. The van der Waals surface area contributed by atoms with Crippen LogP contribution in [0.15, 0.2) is 0 Å². The first kappa shape index (κ1) is 12.6. The van der Waals surface area contributed by atoms with E-state index in [1.807, 2.05) is 20.8 Å². The van der Waals surface area contributed by atoms with Crippen molar-refractivity contribution in [2.45, 2.75) is 69.9 Å². The van der Waals surface area contributed by atoms with Gasteiger partial charge in [0.2, 0.25) is 0 Å². The van der Waals surface area contributed by atoms with E-state index in [0.29, 0.717) is 0 Å². The van der Waals surface area contributed by atoms with Crippen LogP contribution < -0.4 is 10.6 Å². The molecule has 1 heterocycles. The first-order chi connectivity index (χ1) is 7.82. The van der Waals surface area contributed by atoms with Crippen LogP contribution in [0.3, 0.4) is 0 Å². The third kappa shape index (κ3) is 2.55. The molecule has 98 valence electrons. The Kier molecular flexibility index (Phi) is 3.08. The summed E-state index contributed by atoms with van der Waals surface area (Å²) in [4.78, 5) is 11.7. The van der Waals surface area contributed by atoms with Crippen molar-refractivity contribution in [3.05, 3.63) is 0 Å². The van der Waals surface area contributed by atoms with Crippen LogP contribution in [0.1, 0.15) is 46.5 Å². The Bertz CT molecular complexity index is 305. The number of nitrogens with one attached hydrogen (secondary N) is 2. The third-order valence-electron chi connectivity index (χ3n) is 3.51. The highest BCUT2D eigenvalue weighted by molar-refractivity contribution is 5.68. The summed E-state index contributed by atoms with van der Waals surface area (Å²) in [6.45, 7) is 5.48. The standard InChI is InChI=1S/C12H22N2O3/c1-11(2,3)17-10(16)13-8-9(15)14-12(8)6-4-5-7-12/h8-9,14-15H,4-7H2,1-3H3,(H,13,16). The van der Waals surface area contributed by atoms with E-state index in [-0.39, 0.29) is 11.6 Å². The molecular weight excluding hydrogens is 220 g/mol. The lowest BCUT2D eigenvalue weighted by Gasteiger charge is -2.52. The molecule has 0 radical (unpaired) electrons. The van der Waals surface area contributed by atoms with Crippen molar-refractivity contribution in [2.75, 3.05) is 0 Å². The molecule has 1 aliphatic heterocycles. The number of hydrogen-bond donors (Lipinski definition) is 3. The van der Waals surface area contributed by atoms with E-state index in [1.54, 1.807) is 0 Å². The summed E-state index contributed by atoms with van der Waals surface area (Å²) in [6, 6.07) is -0.222. The van der Waals surface area contributed by atoms with E-state index < -0.39 is 17.9 Å². The van der Waals surface area contributed by atoms with Gasteiger partial charge in [-0.15, -0.1) is 0 Å². The lowest BCUT2D eigenvalue weighted by Crippen LogP contribution is -2.79. The van der Waals surface area contributed by atoms with E-state index in [9.17, 15) is 9.90 Å². The second-order valence-electron chi connectivity index (χ2n) is 6.08. The number of hydrogen-bond acceptors (Lipinski definition) is 4. The molecule has 5 heteroatoms. The summed E-state index contributed by atoms with van der Waals surface area (Å²) in [5.41, 5.74) is -0.606. The van der Waals surface area contributed by atoms with Crippen LogP contribution in [0.5, 0.6) is 0 Å². The maximum absolute atomic E-state index is 11.7. The number of aliphatic hydroxyl groups excluding tert-OH is 1. The Morgan fingerprint density at radius 3 is 2.47 bits per heavy atom. The average Bonchev–Trinajstić information content (AvgIpc) is 2.63. The lowest BCUT2D eigenvalue weighted by molar-refractivity contribution is -0.0649. The summed E-state index contributed by atoms with van der Waals surface area (Å²) in [5, 5.41) is 15.6. The minimum atomic E-state index is -0.652. The summed E-state index contributed by atoms with van der Waals surface area (Å²) in [7, 11) is 0. The molecule has 2 unspecified atom stereocenters. The van der Waals surface area contributed by atoms with Crippen molar-refractivity contribution in [1.29, 1.82) is 0 Å². The van der Waals surface area contributed by atoms with Gasteiger partial charge in [-0.05, 0) is 33.6 Å². The van der Waals surface area contributed by atoms with Gasteiger partial charge in [-0.1, -0.05) is 12.8 Å². The quantitative estimate of drug-likeness (QED) is 0.644. The first-order valence-electron chi connectivity index (χ1n) is 6.28. The maximum atomic E-state index is 11.7. The molecule has 0 bridgehead atoms. The van der Waals surface area contributed by atoms with Gasteiger partial charge in [0, 0.05) is 5.54 Å². The fourth-order valence-corrected chi connectivity index (χ4v) is 2.79. The average molecular weight is 242 g/mol. The Labute approximate surface area is 102 Å². The SMILES string of the molecule is CC(C)(C)OC(=O)NC1C(O)NC12CCCC2. The molecule has 0 aromatic carbocycles. The molecule has 2 rings (SSSR count). The molecule has 3 N–H and O–H groups in total. The van der Waals surface area contributed by atoms with E-state index in [1.165, 1.54) is 0 Å². The van der Waals surface area contributed by atoms with Crippen molar-refractivity contribution in [1.82, 2.24) is 10.6 Å². The van der Waals surface area contributed by atoms with Crippen molar-refractivity contribution >= 4 is 6.09 Å². The molecule has 1 saturated heterocycles. The molecule has 0 aromatic rings. The fourth-order valence-electron chi connectivity index (χ4n) is 2.79. The molecule has 1 spiro atoms. The normalized spacial score (nSPS) is 31.1. The largest absolute Gasteiger partial charge is 0.444 e. The van der Waals surface area contributed by atoms with Gasteiger partial charge in [0.1, 0.15) is 11.8 Å². The van der Waals surface area contributed by atoms with Gasteiger partial charge >= 0.3 is 6.09 Å². The highest BCUT2D eigenvalue weighted by Crippen LogP contribution is 2.39. The van der Waals surface area contributed by atoms with Crippen LogP contribution in [0.4, 0.5) is 4.79 Å². The summed E-state index contributed by atoms with van der Waals surface area (Å²) < 4.78 is 5.21. The van der Waals surface area contributed by atoms with Gasteiger partial charge in [0.25, 0.3) is 0 Å². The summed E-state index contributed by atoms with van der Waals surface area (Å²) >= 11 is 0. The topological polar surface area (TPSA) is 70.6 Å². The van der Waals surface area contributed by atoms with E-state index in [4.69, 9.17) is 4.74 Å². The third-order valence-corrected chi connectivity index (χ3v) is 3.51. The van der Waals surface area contributed by atoms with Crippen LogP contribution >= 0.6 is 0 Å². The minimum Gasteiger partial charge on any atom is -0.444 e. The van der Waals surface area contributed by atoms with Crippen molar-refractivity contribution < 1.29 is 14.6 Å². The Balaban J connectivity index is 1.91. The Morgan fingerprint density at radius 1 is 1.41 bits per heavy atom. The van der Waals surface area contributed by atoms with Crippen molar-refractivity contribution in [3.8, 4) is 0 Å². The molecule has 5 nitrogen and oxygen atoms in total. The zero-order valence-corrected chi connectivity index (χ0v) is 10.7. The van der Waals surface area contributed by atoms with E-state index in [2.05, 4.69) is 10.6 Å². The Hall–Kier alpha value is -0.810. The smallest absolute Gasteiger partial charge is 0.408 e. The number of amides is 1. The summed E-state index contributed by atoms with van der Waals surface area (Å²) in [6.07, 6.45) is 3.20. The van der Waals surface area contributed by atoms with Gasteiger partial charge in [-0.2, -0.15) is 0 Å². The molecular formula is C12H22N2O3. The molecule has 1 saturated carbocycles. The van der Waals surface area contributed by atoms with Crippen LogP contribution in [0, 0.1) is 0 Å². The van der Waals surface area contributed by atoms with Crippen LogP contribution in [-0.4, -0.2) is 34.6 Å². The number of aliphatic hydroxyl groups is 1. The monoisotopic (exact) mass is 242 g/mol. The van der Waals surface area contributed by atoms with Gasteiger partial charge in [0.15, 0.2) is 0 Å². The molecule has 2 atom stereocenters. The van der Waals surface area contributed by atoms with Crippen molar-refractivity contribution in [2.24, 2.45) is 0 Å². The molecule has 17 heavy (non-hydrogen) atoms. The highest BCUT2D eigenvalue weighted by atomic mass is 16.6. The predicted molar refractivity (Wildman–Crippen MR) is 63.5 cm³/mol. The molecule has 1 amide bonds. The first-order valence-corrected chi connectivity index (χ1v) is 6.28. The molecule has 1 aliphatic carbocycles. The zero-order chi connectivity index (χ0) is 12.7. The van der Waals surface area contributed by atoms with Crippen LogP contribution in [0.25, 0.3) is 0 Å². The van der Waals surface area contributed by atoms with Crippen LogP contribution in [0.2, 0.25) is 0 Å². The minimum absolute atomic E-state index is 0.101. The molecule has 0 aromatic heterocycles. The number of ether oxygens (including phenoxy) is 1. The second kappa shape index (κ2) is 4.14. The molecule has 2 aliphatic rings. The number of alkyl carbamates (subject to hydrolysis) is 1.